The minimum atomic E-state index is -0.367. The van der Waals surface area contributed by atoms with Crippen LogP contribution in [-0.4, -0.2) is 30.8 Å². The van der Waals surface area contributed by atoms with Crippen LogP contribution in [0.4, 0.5) is 11.4 Å². The Morgan fingerprint density at radius 1 is 1.03 bits per heavy atom. The second-order valence-corrected chi connectivity index (χ2v) is 8.28. The Morgan fingerprint density at radius 3 is 2.53 bits per heavy atom. The van der Waals surface area contributed by atoms with Crippen LogP contribution in [0.15, 0.2) is 65.6 Å². The predicted molar refractivity (Wildman–Crippen MR) is 131 cm³/mol. The van der Waals surface area contributed by atoms with Crippen molar-refractivity contribution in [1.82, 2.24) is 4.98 Å². The number of anilines is 2. The van der Waals surface area contributed by atoms with E-state index < -0.39 is 0 Å². The smallest absolute Gasteiger partial charge is 0.338 e. The van der Waals surface area contributed by atoms with Crippen molar-refractivity contribution in [3.05, 3.63) is 82.3 Å². The Hall–Kier alpha value is -3.74. The Bertz CT molecular complexity index is 1160. The van der Waals surface area contributed by atoms with E-state index in [1.807, 2.05) is 36.4 Å². The number of benzene rings is 2. The number of nitrogens with zero attached hydrogens (tertiary/aromatic N) is 1. The van der Waals surface area contributed by atoms with Crippen LogP contribution in [0.1, 0.15) is 48.5 Å². The van der Waals surface area contributed by atoms with Crippen LogP contribution in [0, 0.1) is 0 Å². The number of esters is 1. The van der Waals surface area contributed by atoms with Gasteiger partial charge in [0.2, 0.25) is 5.56 Å². The first-order chi connectivity index (χ1) is 16.6. The van der Waals surface area contributed by atoms with Crippen molar-refractivity contribution >= 4 is 17.3 Å². The minimum Gasteiger partial charge on any atom is -0.493 e. The Labute approximate surface area is 199 Å². The maximum Gasteiger partial charge on any atom is 0.338 e. The van der Waals surface area contributed by atoms with Gasteiger partial charge in [-0.25, -0.2) is 4.79 Å². The minimum absolute atomic E-state index is 0.156. The number of H-pyrrole nitrogens is 1. The molecule has 1 aliphatic rings. The van der Waals surface area contributed by atoms with Crippen molar-refractivity contribution in [3.63, 3.8) is 0 Å². The lowest BCUT2D eigenvalue weighted by Gasteiger charge is -2.27. The largest absolute Gasteiger partial charge is 0.493 e. The molecule has 178 valence electrons. The fraction of sp³-hybridized carbons (Fsp3) is 0.333. The van der Waals surface area contributed by atoms with E-state index in [1.165, 1.54) is 18.9 Å². The van der Waals surface area contributed by atoms with Crippen LogP contribution < -0.4 is 19.9 Å². The highest BCUT2D eigenvalue weighted by Gasteiger charge is 2.21. The van der Waals surface area contributed by atoms with Crippen molar-refractivity contribution in [2.75, 3.05) is 18.6 Å². The summed E-state index contributed by atoms with van der Waals surface area (Å²) in [6, 6.07) is 16.5. The lowest BCUT2D eigenvalue weighted by molar-refractivity contribution is 0.0526. The lowest BCUT2D eigenvalue weighted by atomic mass is 10.1. The van der Waals surface area contributed by atoms with Crippen molar-refractivity contribution in [3.8, 4) is 11.5 Å². The molecular weight excluding hydrogens is 432 g/mol. The first-order valence-electron chi connectivity index (χ1n) is 11.6. The van der Waals surface area contributed by atoms with Gasteiger partial charge in [-0.3, -0.25) is 4.79 Å². The molecule has 4 rings (SSSR count). The molecule has 7 nitrogen and oxygen atoms in total. The van der Waals surface area contributed by atoms with Crippen molar-refractivity contribution in [2.24, 2.45) is 0 Å². The zero-order chi connectivity index (χ0) is 23.9. The van der Waals surface area contributed by atoms with E-state index >= 15 is 0 Å². The van der Waals surface area contributed by atoms with Gasteiger partial charge in [-0.2, -0.15) is 0 Å². The number of carbonyl (C=O) groups is 1. The number of ether oxygens (including phenoxy) is 3. The maximum absolute atomic E-state index is 12.4. The summed E-state index contributed by atoms with van der Waals surface area (Å²) in [4.78, 5) is 28.7. The van der Waals surface area contributed by atoms with Crippen LogP contribution in [0.2, 0.25) is 0 Å². The van der Waals surface area contributed by atoms with Gasteiger partial charge >= 0.3 is 5.97 Å². The third-order valence-electron chi connectivity index (χ3n) is 5.91. The standard InChI is InChI=1S/C27H30N2O5/c1-3-33-27(31)20-7-6-8-21(15-20)29(18-19-11-14-26(30)28-17-19)22-12-13-24(32-2)25(16-22)34-23-9-4-5-10-23/h6-8,11-17,23H,3-5,9-10,18H2,1-2H3,(H,28,30). The molecule has 0 aliphatic heterocycles. The van der Waals surface area contributed by atoms with Crippen LogP contribution in [0.3, 0.4) is 0 Å². The van der Waals surface area contributed by atoms with Gasteiger partial charge in [0.25, 0.3) is 0 Å². The van der Waals surface area contributed by atoms with E-state index in [-0.39, 0.29) is 17.6 Å². The van der Waals surface area contributed by atoms with E-state index in [9.17, 15) is 9.59 Å². The van der Waals surface area contributed by atoms with E-state index in [4.69, 9.17) is 14.2 Å². The number of carbonyl (C=O) groups excluding carboxylic acids is 1. The number of aromatic amines is 1. The van der Waals surface area contributed by atoms with Gasteiger partial charge < -0.3 is 24.1 Å². The Balaban J connectivity index is 1.73. The third kappa shape index (κ3) is 5.60. The number of rotatable bonds is 9. The summed E-state index contributed by atoms with van der Waals surface area (Å²) in [6.07, 6.45) is 6.30. The second-order valence-electron chi connectivity index (χ2n) is 8.28. The molecule has 1 aromatic heterocycles. The van der Waals surface area contributed by atoms with E-state index in [1.54, 1.807) is 32.4 Å². The molecular formula is C27H30N2O5. The molecule has 1 heterocycles. The van der Waals surface area contributed by atoms with E-state index in [0.717, 1.165) is 29.8 Å². The molecule has 2 aromatic carbocycles. The number of hydrogen-bond donors (Lipinski definition) is 1. The quantitative estimate of drug-likeness (QED) is 0.439. The molecule has 0 saturated heterocycles. The zero-order valence-corrected chi connectivity index (χ0v) is 19.6. The van der Waals surface area contributed by atoms with Gasteiger partial charge in [-0.05, 0) is 68.5 Å². The average Bonchev–Trinajstić information content (AvgIpc) is 3.37. The van der Waals surface area contributed by atoms with E-state index in [0.29, 0.717) is 30.2 Å². The first-order valence-corrected chi connectivity index (χ1v) is 11.6. The first kappa shape index (κ1) is 23.4. The SMILES string of the molecule is CCOC(=O)c1cccc(N(Cc2ccc(=O)[nH]c2)c2ccc(OC)c(OC3CCCC3)c2)c1. The molecule has 1 N–H and O–H groups in total. The summed E-state index contributed by atoms with van der Waals surface area (Å²) in [5.41, 5.74) is 2.92. The van der Waals surface area contributed by atoms with Gasteiger partial charge in [0.05, 0.1) is 25.4 Å². The van der Waals surface area contributed by atoms with Gasteiger partial charge in [-0.1, -0.05) is 12.1 Å². The van der Waals surface area contributed by atoms with Crippen LogP contribution >= 0.6 is 0 Å². The molecule has 0 spiro atoms. The highest BCUT2D eigenvalue weighted by molar-refractivity contribution is 5.91. The summed E-state index contributed by atoms with van der Waals surface area (Å²) in [7, 11) is 1.64. The highest BCUT2D eigenvalue weighted by atomic mass is 16.5. The molecule has 0 bridgehead atoms. The molecule has 0 amide bonds. The maximum atomic E-state index is 12.4. The van der Waals surface area contributed by atoms with Crippen molar-refractivity contribution < 1.29 is 19.0 Å². The molecule has 3 aromatic rings. The molecule has 1 aliphatic carbocycles. The van der Waals surface area contributed by atoms with E-state index in [2.05, 4.69) is 9.88 Å². The summed E-state index contributed by atoms with van der Waals surface area (Å²) in [5.74, 6) is 1.01. The van der Waals surface area contributed by atoms with Gasteiger partial charge in [0.15, 0.2) is 11.5 Å². The summed E-state index contributed by atoms with van der Waals surface area (Å²) in [5, 5.41) is 0. The molecule has 0 unspecified atom stereocenters. The normalized spacial score (nSPS) is 13.5. The van der Waals surface area contributed by atoms with Crippen molar-refractivity contribution in [1.29, 1.82) is 0 Å². The van der Waals surface area contributed by atoms with Crippen LogP contribution in [-0.2, 0) is 11.3 Å². The second kappa shape index (κ2) is 10.9. The Morgan fingerprint density at radius 2 is 1.82 bits per heavy atom. The zero-order valence-electron chi connectivity index (χ0n) is 19.6. The van der Waals surface area contributed by atoms with Gasteiger partial charge in [0.1, 0.15) is 0 Å². The number of methoxy groups -OCH3 is 1. The van der Waals surface area contributed by atoms with Crippen molar-refractivity contribution in [2.45, 2.75) is 45.3 Å². The average molecular weight is 463 g/mol. The molecule has 7 heteroatoms. The topological polar surface area (TPSA) is 80.9 Å². The Kier molecular flexibility index (Phi) is 7.52. The third-order valence-corrected chi connectivity index (χ3v) is 5.91. The molecule has 34 heavy (non-hydrogen) atoms. The molecule has 0 radical (unpaired) electrons. The lowest BCUT2D eigenvalue weighted by Crippen LogP contribution is -2.19. The fourth-order valence-corrected chi connectivity index (χ4v) is 4.18. The number of nitrogens with one attached hydrogen (secondary N) is 1. The van der Waals surface area contributed by atoms with Crippen LogP contribution in [0.5, 0.6) is 11.5 Å². The monoisotopic (exact) mass is 462 g/mol. The number of hydrogen-bond acceptors (Lipinski definition) is 6. The summed E-state index contributed by atoms with van der Waals surface area (Å²) >= 11 is 0. The summed E-state index contributed by atoms with van der Waals surface area (Å²) < 4.78 is 17.1. The van der Waals surface area contributed by atoms with Crippen LogP contribution in [0.25, 0.3) is 0 Å². The number of aromatic nitrogens is 1. The van der Waals surface area contributed by atoms with Gasteiger partial charge in [-0.15, -0.1) is 0 Å². The van der Waals surface area contributed by atoms with Gasteiger partial charge in [0, 0.05) is 36.2 Å². The predicted octanol–water partition coefficient (Wildman–Crippen LogP) is 5.22. The molecule has 1 fully saturated rings. The summed E-state index contributed by atoms with van der Waals surface area (Å²) in [6.45, 7) is 2.57. The fourth-order valence-electron chi connectivity index (χ4n) is 4.18. The molecule has 0 atom stereocenters. The molecule has 1 saturated carbocycles. The number of pyridine rings is 1. The highest BCUT2D eigenvalue weighted by Crippen LogP contribution is 2.38.